The molecule has 0 radical (unpaired) electrons. The summed E-state index contributed by atoms with van der Waals surface area (Å²) in [5.41, 5.74) is 1.79. The Morgan fingerprint density at radius 3 is 1.63 bits per heavy atom. The minimum atomic E-state index is -1.02. The van der Waals surface area contributed by atoms with E-state index in [4.69, 9.17) is 0 Å². The molecule has 2 aliphatic rings. The molecule has 2 aromatic carbocycles. The quantitative estimate of drug-likeness (QED) is 0.608. The highest BCUT2D eigenvalue weighted by Crippen LogP contribution is 2.57. The lowest BCUT2D eigenvalue weighted by Crippen LogP contribution is -2.51. The van der Waals surface area contributed by atoms with Crippen LogP contribution in [0.5, 0.6) is 0 Å². The lowest BCUT2D eigenvalue weighted by Gasteiger charge is -2.43. The fourth-order valence-electron chi connectivity index (χ4n) is 4.08. The number of hydrogen-bond acceptors (Lipinski definition) is 4. The van der Waals surface area contributed by atoms with E-state index in [0.717, 1.165) is 31.8 Å². The van der Waals surface area contributed by atoms with Crippen LogP contribution in [0.1, 0.15) is 35.8 Å². The normalized spacial score (nSPS) is 27.9. The van der Waals surface area contributed by atoms with Gasteiger partial charge in [-0.2, -0.15) is 0 Å². The van der Waals surface area contributed by atoms with Crippen molar-refractivity contribution in [1.29, 1.82) is 0 Å². The van der Waals surface area contributed by atoms with Gasteiger partial charge in [-0.15, -0.1) is 0 Å². The molecule has 1 aliphatic heterocycles. The molecule has 1 saturated carbocycles. The van der Waals surface area contributed by atoms with Gasteiger partial charge in [-0.3, -0.25) is 19.7 Å². The molecule has 2 amide bonds. The zero-order chi connectivity index (χ0) is 19.2. The van der Waals surface area contributed by atoms with Crippen molar-refractivity contribution in [2.24, 2.45) is 0 Å². The maximum atomic E-state index is 13.1. The van der Waals surface area contributed by atoms with E-state index in [1.807, 2.05) is 48.5 Å². The molecule has 1 N–H and O–H groups in total. The van der Waals surface area contributed by atoms with E-state index < -0.39 is 4.75 Å². The molecule has 1 spiro atoms. The predicted octanol–water partition coefficient (Wildman–Crippen LogP) is 5.16. The monoisotopic (exact) mass is 507 g/mol. The molecule has 0 bridgehead atoms. The van der Waals surface area contributed by atoms with E-state index >= 15 is 0 Å². The first-order chi connectivity index (χ1) is 12.9. The van der Waals surface area contributed by atoms with Crippen molar-refractivity contribution < 1.29 is 14.4 Å². The van der Waals surface area contributed by atoms with Crippen LogP contribution in [-0.2, 0) is 9.59 Å². The minimum Gasteiger partial charge on any atom is -0.300 e. The lowest BCUT2D eigenvalue weighted by atomic mass is 9.65. The average molecular weight is 509 g/mol. The van der Waals surface area contributed by atoms with Crippen LogP contribution < -0.4 is 5.32 Å². The fourth-order valence-corrected chi connectivity index (χ4v) is 5.93. The third kappa shape index (κ3) is 3.30. The molecule has 1 saturated heterocycles. The van der Waals surface area contributed by atoms with Crippen molar-refractivity contribution >= 4 is 60.6 Å². The topological polar surface area (TPSA) is 63.2 Å². The number of halogens is 2. The first-order valence-corrected chi connectivity index (χ1v) is 10.9. The predicted molar refractivity (Wildman–Crippen MR) is 112 cm³/mol. The maximum Gasteiger partial charge on any atom is 0.286 e. The van der Waals surface area contributed by atoms with Crippen molar-refractivity contribution in [2.45, 2.75) is 29.4 Å². The van der Waals surface area contributed by atoms with E-state index in [1.165, 1.54) is 0 Å². The molecule has 0 aromatic heterocycles. The van der Waals surface area contributed by atoms with E-state index in [-0.39, 0.29) is 41.6 Å². The highest BCUT2D eigenvalue weighted by molar-refractivity contribution is 9.10. The Kier molecular flexibility index (Phi) is 5.03. The second-order valence-corrected chi connectivity index (χ2v) is 9.87. The summed E-state index contributed by atoms with van der Waals surface area (Å²) in [4.78, 5) is 37.9. The van der Waals surface area contributed by atoms with Crippen molar-refractivity contribution in [2.75, 3.05) is 0 Å². The molecule has 138 valence electrons. The van der Waals surface area contributed by atoms with Crippen LogP contribution in [0.3, 0.4) is 0 Å². The van der Waals surface area contributed by atoms with Gasteiger partial charge in [0.15, 0.2) is 0 Å². The van der Waals surface area contributed by atoms with Crippen LogP contribution in [0.4, 0.5) is 4.79 Å². The van der Waals surface area contributed by atoms with Crippen LogP contribution in [-0.4, -0.2) is 21.7 Å². The Bertz CT molecular complexity index is 870. The summed E-state index contributed by atoms with van der Waals surface area (Å²) in [6.45, 7) is 0. The highest BCUT2D eigenvalue weighted by Gasteiger charge is 2.61. The summed E-state index contributed by atoms with van der Waals surface area (Å²) < 4.78 is 0.824. The number of imide groups is 1. The number of Topliss-reactive ketones (excluding diaryl/α,β-unsaturated/α-hetero) is 1. The molecule has 2 fully saturated rings. The van der Waals surface area contributed by atoms with Crippen molar-refractivity contribution in [1.82, 2.24) is 5.32 Å². The number of ketones is 1. The second-order valence-electron chi connectivity index (χ2n) is 6.79. The molecule has 1 heterocycles. The molecular formula is C20H15Br2NO3S. The Morgan fingerprint density at radius 2 is 1.26 bits per heavy atom. The smallest absolute Gasteiger partial charge is 0.286 e. The van der Waals surface area contributed by atoms with Gasteiger partial charge in [0.1, 0.15) is 10.5 Å². The van der Waals surface area contributed by atoms with Crippen molar-refractivity contribution in [3.63, 3.8) is 0 Å². The average Bonchev–Trinajstić information content (AvgIpc) is 2.93. The molecule has 2 atom stereocenters. The number of carbonyl (C=O) groups excluding carboxylic acids is 3. The number of thioether (sulfide) groups is 1. The Morgan fingerprint density at radius 1 is 0.815 bits per heavy atom. The van der Waals surface area contributed by atoms with E-state index in [2.05, 4.69) is 37.2 Å². The van der Waals surface area contributed by atoms with Crippen LogP contribution in [0.2, 0.25) is 0 Å². The van der Waals surface area contributed by atoms with E-state index in [9.17, 15) is 14.4 Å². The summed E-state index contributed by atoms with van der Waals surface area (Å²) in [6.07, 6.45) is 0.505. The summed E-state index contributed by atoms with van der Waals surface area (Å²) >= 11 is 7.88. The number of carbonyl (C=O) groups is 3. The van der Waals surface area contributed by atoms with Gasteiger partial charge in [0, 0.05) is 33.6 Å². The largest absolute Gasteiger partial charge is 0.300 e. The van der Waals surface area contributed by atoms with Gasteiger partial charge in [-0.1, -0.05) is 56.1 Å². The Hall–Kier alpha value is -1.44. The van der Waals surface area contributed by atoms with Crippen LogP contribution in [0.15, 0.2) is 57.5 Å². The first-order valence-electron chi connectivity index (χ1n) is 8.47. The van der Waals surface area contributed by atoms with Gasteiger partial charge < -0.3 is 0 Å². The second kappa shape index (κ2) is 7.18. The number of rotatable bonds is 2. The van der Waals surface area contributed by atoms with Gasteiger partial charge in [0.2, 0.25) is 5.91 Å². The highest BCUT2D eigenvalue weighted by atomic mass is 79.9. The van der Waals surface area contributed by atoms with Gasteiger partial charge in [-0.05, 0) is 47.2 Å². The maximum absolute atomic E-state index is 13.1. The van der Waals surface area contributed by atoms with Gasteiger partial charge in [-0.25, -0.2) is 0 Å². The van der Waals surface area contributed by atoms with E-state index in [0.29, 0.717) is 0 Å². The molecule has 1 aliphatic carbocycles. The van der Waals surface area contributed by atoms with Gasteiger partial charge in [0.05, 0.1) is 0 Å². The summed E-state index contributed by atoms with van der Waals surface area (Å²) in [5, 5.41) is 2.12. The molecule has 2 unspecified atom stereocenters. The minimum absolute atomic E-state index is 0.106. The van der Waals surface area contributed by atoms with Crippen LogP contribution >= 0.6 is 43.6 Å². The Balaban J connectivity index is 1.88. The van der Waals surface area contributed by atoms with Gasteiger partial charge in [0.25, 0.3) is 5.24 Å². The summed E-state index contributed by atoms with van der Waals surface area (Å²) in [6, 6.07) is 15.3. The zero-order valence-corrected chi connectivity index (χ0v) is 18.1. The summed E-state index contributed by atoms with van der Waals surface area (Å²) in [7, 11) is 0. The van der Waals surface area contributed by atoms with Crippen LogP contribution in [0.25, 0.3) is 0 Å². The number of benzene rings is 2. The number of amides is 2. The first kappa shape index (κ1) is 18.9. The van der Waals surface area contributed by atoms with Crippen molar-refractivity contribution in [3.05, 3.63) is 68.6 Å². The molecule has 4 nitrogen and oxygen atoms in total. The van der Waals surface area contributed by atoms with Crippen LogP contribution in [0, 0.1) is 0 Å². The molecule has 4 rings (SSSR count). The Labute approximate surface area is 177 Å². The summed E-state index contributed by atoms with van der Waals surface area (Å²) in [5.74, 6) is -0.922. The molecule has 2 aromatic rings. The third-order valence-electron chi connectivity index (χ3n) is 5.28. The van der Waals surface area contributed by atoms with Gasteiger partial charge >= 0.3 is 0 Å². The number of hydrogen-bond donors (Lipinski definition) is 1. The molecular weight excluding hydrogens is 494 g/mol. The zero-order valence-electron chi connectivity index (χ0n) is 14.1. The third-order valence-corrected chi connectivity index (χ3v) is 7.71. The molecule has 27 heavy (non-hydrogen) atoms. The number of nitrogens with one attached hydrogen (secondary N) is 1. The lowest BCUT2D eigenvalue weighted by molar-refractivity contribution is -0.127. The standard InChI is InChI=1S/C20H15Br2NO3S/c21-13-5-1-11(2-6-13)16-9-15(24)10-17(12-3-7-14(22)8-4-12)20(16)18(25)23-19(26)27-20/h1-8,16-17H,9-10H2,(H,23,25,26). The van der Waals surface area contributed by atoms with E-state index in [1.54, 1.807) is 0 Å². The molecule has 7 heteroatoms. The SMILES string of the molecule is O=C1CC(c2ccc(Br)cc2)C2(SC(=O)NC2=O)C(c2ccc(Br)cc2)C1. The van der Waals surface area contributed by atoms with Crippen molar-refractivity contribution in [3.8, 4) is 0 Å². The fraction of sp³-hybridized carbons (Fsp3) is 0.250.